The van der Waals surface area contributed by atoms with E-state index in [1.807, 2.05) is 0 Å². The summed E-state index contributed by atoms with van der Waals surface area (Å²) in [7, 11) is 4.30. The van der Waals surface area contributed by atoms with Gasteiger partial charge in [0.2, 0.25) is 0 Å². The van der Waals surface area contributed by atoms with Gasteiger partial charge in [0, 0.05) is 110 Å². The van der Waals surface area contributed by atoms with Crippen molar-refractivity contribution in [2.24, 2.45) is 0 Å². The quantitative estimate of drug-likeness (QED) is 0.115. The van der Waals surface area contributed by atoms with Gasteiger partial charge < -0.3 is 28.4 Å². The molecule has 0 N–H and O–H groups in total. The van der Waals surface area contributed by atoms with Crippen LogP contribution in [0.25, 0.3) is 116 Å². The van der Waals surface area contributed by atoms with Crippen LogP contribution in [-0.2, 0) is 6.54 Å². The zero-order valence-corrected chi connectivity index (χ0v) is 50.6. The maximum atomic E-state index is 2.53. The summed E-state index contributed by atoms with van der Waals surface area (Å²) in [6.07, 6.45) is 0. The second kappa shape index (κ2) is 22.1. The second-order valence-electron chi connectivity index (χ2n) is 23.8. The summed E-state index contributed by atoms with van der Waals surface area (Å²) in [5.74, 6) is 0. The molecule has 17 rings (SSSR count). The van der Waals surface area contributed by atoms with Gasteiger partial charge in [-0.2, -0.15) is 0 Å². The Morgan fingerprint density at radius 2 is 0.692 bits per heavy atom. The Morgan fingerprint density at radius 3 is 1.35 bits per heavy atom. The highest BCUT2D eigenvalue weighted by Crippen LogP contribution is 2.44. The molecule has 0 amide bonds. The normalized spacial score (nSPS) is 11.7. The first-order valence-corrected chi connectivity index (χ1v) is 31.3. The van der Waals surface area contributed by atoms with E-state index in [-0.39, 0.29) is 0 Å². The Hall–Kier alpha value is -11.9. The van der Waals surface area contributed by atoms with Crippen molar-refractivity contribution in [2.45, 2.75) is 6.54 Å². The summed E-state index contributed by atoms with van der Waals surface area (Å²) in [5, 5.41) is 9.71. The Labute approximate surface area is 528 Å². The number of para-hydroxylation sites is 5. The third-order valence-electron chi connectivity index (χ3n) is 18.7. The average Bonchev–Trinajstić information content (AvgIpc) is 1.71. The van der Waals surface area contributed by atoms with Crippen molar-refractivity contribution in [1.82, 2.24) is 13.7 Å². The van der Waals surface area contributed by atoms with Crippen LogP contribution in [0, 0.1) is 0 Å². The second-order valence-corrected chi connectivity index (χ2v) is 23.8. The molecule has 91 heavy (non-hydrogen) atoms. The van der Waals surface area contributed by atoms with Gasteiger partial charge in [0.15, 0.2) is 0 Å². The van der Waals surface area contributed by atoms with Gasteiger partial charge in [-0.3, -0.25) is 0 Å². The van der Waals surface area contributed by atoms with Gasteiger partial charge in [0.05, 0.1) is 33.1 Å². The smallest absolute Gasteiger partial charge is 0.0550 e. The number of rotatable bonds is 13. The van der Waals surface area contributed by atoms with Gasteiger partial charge in [-0.05, 0) is 185 Å². The van der Waals surface area contributed by atoms with E-state index in [1.54, 1.807) is 0 Å². The highest BCUT2D eigenvalue weighted by Gasteiger charge is 2.24. The van der Waals surface area contributed by atoms with Crippen molar-refractivity contribution in [3.05, 3.63) is 333 Å². The lowest BCUT2D eigenvalue weighted by Crippen LogP contribution is -2.17. The SMILES string of the molecule is CN(c1ccccc1)c1ccc(-n2c3ccccc3c3cc(-c4cc(CN(c5ccc(-c6ccccc6)cc5)c5ccc6c(c5)c5ccccc5n6-c5ccccc5)c5c6ccccc6n(-c6ccc(N(C)c7cccc8ccccc78)cc6)c5c4)ccc32)cc1. The molecule has 0 fully saturated rings. The van der Waals surface area contributed by atoms with E-state index in [0.717, 1.165) is 73.2 Å². The van der Waals surface area contributed by atoms with E-state index in [2.05, 4.69) is 370 Å². The van der Waals surface area contributed by atoms with Crippen LogP contribution in [0.5, 0.6) is 0 Å². The molecule has 14 aromatic carbocycles. The first-order valence-electron chi connectivity index (χ1n) is 31.3. The fraction of sp³-hybridized carbons (Fsp3) is 0.0353. The molecule has 0 saturated heterocycles. The van der Waals surface area contributed by atoms with Crippen molar-refractivity contribution < 1.29 is 0 Å². The minimum absolute atomic E-state index is 0.581. The lowest BCUT2D eigenvalue weighted by Gasteiger charge is -2.27. The minimum Gasteiger partial charge on any atom is -0.345 e. The van der Waals surface area contributed by atoms with Gasteiger partial charge in [-0.1, -0.05) is 176 Å². The van der Waals surface area contributed by atoms with E-state index in [4.69, 9.17) is 0 Å². The van der Waals surface area contributed by atoms with E-state index in [9.17, 15) is 0 Å². The van der Waals surface area contributed by atoms with Crippen LogP contribution in [0.1, 0.15) is 5.56 Å². The van der Waals surface area contributed by atoms with Crippen LogP contribution in [0.4, 0.5) is 34.1 Å². The molecule has 432 valence electrons. The van der Waals surface area contributed by atoms with E-state index >= 15 is 0 Å². The first-order chi connectivity index (χ1) is 45.0. The zero-order valence-electron chi connectivity index (χ0n) is 50.6. The number of nitrogens with zero attached hydrogens (tertiary/aromatic N) is 6. The van der Waals surface area contributed by atoms with Gasteiger partial charge in [-0.25, -0.2) is 0 Å². The topological polar surface area (TPSA) is 24.5 Å². The van der Waals surface area contributed by atoms with Gasteiger partial charge >= 0.3 is 0 Å². The van der Waals surface area contributed by atoms with Gasteiger partial charge in [0.1, 0.15) is 0 Å². The minimum atomic E-state index is 0.581. The van der Waals surface area contributed by atoms with Crippen LogP contribution in [-0.4, -0.2) is 27.8 Å². The molecule has 0 unspecified atom stereocenters. The highest BCUT2D eigenvalue weighted by molar-refractivity contribution is 6.15. The zero-order chi connectivity index (χ0) is 60.5. The number of anilines is 6. The molecule has 0 saturated carbocycles. The fourth-order valence-corrected chi connectivity index (χ4v) is 14.2. The van der Waals surface area contributed by atoms with Crippen molar-refractivity contribution in [1.29, 1.82) is 0 Å². The molecule has 0 atom stereocenters. The predicted molar refractivity (Wildman–Crippen MR) is 386 cm³/mol. The summed E-state index contributed by atoms with van der Waals surface area (Å²) >= 11 is 0. The van der Waals surface area contributed by atoms with Gasteiger partial charge in [-0.15, -0.1) is 0 Å². The molecule has 6 nitrogen and oxygen atoms in total. The summed E-state index contributed by atoms with van der Waals surface area (Å²) in [6, 6.07) is 120. The van der Waals surface area contributed by atoms with Crippen molar-refractivity contribution in [3.8, 4) is 39.3 Å². The maximum absolute atomic E-state index is 2.53. The largest absolute Gasteiger partial charge is 0.345 e. The van der Waals surface area contributed by atoms with Gasteiger partial charge in [0.25, 0.3) is 0 Å². The first kappa shape index (κ1) is 53.4. The molecule has 0 aliphatic rings. The Morgan fingerprint density at radius 1 is 0.253 bits per heavy atom. The summed E-state index contributed by atoms with van der Waals surface area (Å²) in [4.78, 5) is 7.07. The monoisotopic (exact) mass is 1170 g/mol. The lowest BCUT2D eigenvalue weighted by atomic mass is 9.96. The fourth-order valence-electron chi connectivity index (χ4n) is 14.2. The highest BCUT2D eigenvalue weighted by atomic mass is 15.1. The predicted octanol–water partition coefficient (Wildman–Crippen LogP) is 22.3. The number of aromatic nitrogens is 3. The summed E-state index contributed by atoms with van der Waals surface area (Å²) < 4.78 is 7.31. The third-order valence-corrected chi connectivity index (χ3v) is 18.7. The van der Waals surface area contributed by atoms with Crippen LogP contribution in [0.3, 0.4) is 0 Å². The van der Waals surface area contributed by atoms with E-state index < -0.39 is 0 Å². The molecule has 3 aromatic heterocycles. The third kappa shape index (κ3) is 9.18. The number of hydrogen-bond donors (Lipinski definition) is 0. The Bertz CT molecular complexity index is 5560. The average molecular weight is 1170 g/mol. The molecule has 0 bridgehead atoms. The van der Waals surface area contributed by atoms with E-state index in [1.165, 1.54) is 82.0 Å². The van der Waals surface area contributed by atoms with E-state index in [0.29, 0.717) is 6.54 Å². The molecule has 3 heterocycles. The molecule has 0 aliphatic heterocycles. The standard InChI is InChI=1S/C85H62N6/c1-86(64-25-8-4-9-26-64)65-42-46-69(47-43-65)90-79-33-17-14-30-73(79)76-54-61(39-51-82(76)90)62-53-63(85-75-32-16-19-35-81(75)91(84(85)55-62)70-48-44-66(45-49-70)87(2)78-36-20-24-60-23-12-13-29-72(60)78)57-88(67-40-37-59(38-41-67)58-21-6-3-7-22-58)71-50-52-83-77(56-71)74-31-15-18-34-80(74)89(83)68-27-10-5-11-28-68/h3-56H,57H2,1-2H3. The maximum Gasteiger partial charge on any atom is 0.0550 e. The van der Waals surface area contributed by atoms with Crippen molar-refractivity contribution >= 4 is 110 Å². The van der Waals surface area contributed by atoms with Crippen LogP contribution in [0.2, 0.25) is 0 Å². The van der Waals surface area contributed by atoms with Crippen molar-refractivity contribution in [3.63, 3.8) is 0 Å². The summed E-state index contributed by atoms with van der Waals surface area (Å²) in [6.45, 7) is 0.581. The molecule has 0 spiro atoms. The number of fused-ring (bicyclic) bond motifs is 10. The Kier molecular flexibility index (Phi) is 12.9. The lowest BCUT2D eigenvalue weighted by molar-refractivity contribution is 0.986. The molecular formula is C85H62N6. The van der Waals surface area contributed by atoms with Crippen molar-refractivity contribution in [2.75, 3.05) is 28.8 Å². The summed E-state index contributed by atoms with van der Waals surface area (Å²) in [5.41, 5.74) is 23.0. The number of benzene rings is 14. The van der Waals surface area contributed by atoms with Crippen LogP contribution < -0.4 is 14.7 Å². The number of hydrogen-bond acceptors (Lipinski definition) is 3. The van der Waals surface area contributed by atoms with Crippen LogP contribution in [0.15, 0.2) is 328 Å². The Balaban J connectivity index is 0.862. The molecule has 6 heteroatoms. The molecular weight excluding hydrogens is 1100 g/mol. The molecule has 0 aliphatic carbocycles. The van der Waals surface area contributed by atoms with Crippen LogP contribution >= 0.6 is 0 Å². The molecule has 17 aromatic rings. The molecule has 0 radical (unpaired) electrons.